The number of carbonyl (C=O) groups is 2. The van der Waals surface area contributed by atoms with Crippen LogP contribution in [0, 0.1) is 0 Å². The van der Waals surface area contributed by atoms with Gasteiger partial charge in [-0.2, -0.15) is 8.78 Å². The van der Waals surface area contributed by atoms with Crippen LogP contribution in [0.15, 0.2) is 54.6 Å². The number of benzene rings is 2. The zero-order chi connectivity index (χ0) is 22.1. The third-order valence-electron chi connectivity index (χ3n) is 4.41. The average molecular weight is 419 g/mol. The molecule has 1 amide bonds. The maximum atomic E-state index is 12.4. The van der Waals surface area contributed by atoms with Crippen molar-refractivity contribution in [2.45, 2.75) is 19.6 Å². The molecule has 0 heterocycles. The van der Waals surface area contributed by atoms with Gasteiger partial charge in [-0.1, -0.05) is 36.4 Å². The van der Waals surface area contributed by atoms with Crippen LogP contribution in [0.5, 0.6) is 11.5 Å². The van der Waals surface area contributed by atoms with E-state index in [1.165, 1.54) is 36.3 Å². The molecule has 0 N–H and O–H groups in total. The Kier molecular flexibility index (Phi) is 8.34. The minimum absolute atomic E-state index is 0.0949. The summed E-state index contributed by atoms with van der Waals surface area (Å²) in [5.74, 6) is -1.08. The molecule has 1 atom stereocenters. The predicted octanol–water partition coefficient (Wildman–Crippen LogP) is 4.07. The lowest BCUT2D eigenvalue weighted by Crippen LogP contribution is -2.33. The maximum absolute atomic E-state index is 12.4. The molecule has 2 aromatic carbocycles. The van der Waals surface area contributed by atoms with E-state index < -0.39 is 19.2 Å². The summed E-state index contributed by atoms with van der Waals surface area (Å²) in [6, 6.07) is 13.5. The van der Waals surface area contributed by atoms with Gasteiger partial charge >= 0.3 is 12.6 Å². The lowest BCUT2D eigenvalue weighted by atomic mass is 10.1. The summed E-state index contributed by atoms with van der Waals surface area (Å²) >= 11 is 0. The van der Waals surface area contributed by atoms with Crippen LogP contribution >= 0.6 is 0 Å². The van der Waals surface area contributed by atoms with Crippen molar-refractivity contribution in [2.75, 3.05) is 20.8 Å². The van der Waals surface area contributed by atoms with Crippen LogP contribution in [0.2, 0.25) is 0 Å². The molecule has 2 aromatic rings. The lowest BCUT2D eigenvalue weighted by Gasteiger charge is -2.25. The van der Waals surface area contributed by atoms with Crippen LogP contribution < -0.4 is 9.47 Å². The maximum Gasteiger partial charge on any atom is 0.387 e. The fourth-order valence-corrected chi connectivity index (χ4v) is 2.60. The molecule has 0 aliphatic heterocycles. The highest BCUT2D eigenvalue weighted by molar-refractivity contribution is 5.89. The number of nitrogens with zero attached hydrogens (tertiary/aromatic N) is 1. The fourth-order valence-electron chi connectivity index (χ4n) is 2.60. The largest absolute Gasteiger partial charge is 0.493 e. The van der Waals surface area contributed by atoms with Crippen molar-refractivity contribution in [2.24, 2.45) is 0 Å². The fraction of sp³-hybridized carbons (Fsp3) is 0.273. The Balaban J connectivity index is 1.90. The number of hydrogen-bond donors (Lipinski definition) is 0. The summed E-state index contributed by atoms with van der Waals surface area (Å²) in [6.07, 6.45) is 2.55. The van der Waals surface area contributed by atoms with E-state index in [9.17, 15) is 18.4 Å². The van der Waals surface area contributed by atoms with Gasteiger partial charge < -0.3 is 19.1 Å². The molecule has 0 fully saturated rings. The van der Waals surface area contributed by atoms with Gasteiger partial charge in [0.15, 0.2) is 18.1 Å². The van der Waals surface area contributed by atoms with Gasteiger partial charge in [-0.25, -0.2) is 4.79 Å². The van der Waals surface area contributed by atoms with E-state index in [2.05, 4.69) is 4.74 Å². The smallest absolute Gasteiger partial charge is 0.387 e. The van der Waals surface area contributed by atoms with Gasteiger partial charge in [0, 0.05) is 13.1 Å². The lowest BCUT2D eigenvalue weighted by molar-refractivity contribution is -0.148. The van der Waals surface area contributed by atoms with Crippen molar-refractivity contribution in [3.8, 4) is 11.5 Å². The van der Waals surface area contributed by atoms with E-state index in [-0.39, 0.29) is 23.4 Å². The normalized spacial score (nSPS) is 11.9. The number of carbonyl (C=O) groups excluding carboxylic acids is 2. The van der Waals surface area contributed by atoms with Gasteiger partial charge in [-0.05, 0) is 36.3 Å². The van der Waals surface area contributed by atoms with Crippen molar-refractivity contribution in [1.29, 1.82) is 0 Å². The number of amides is 1. The van der Waals surface area contributed by atoms with Gasteiger partial charge in [0.05, 0.1) is 13.2 Å². The number of hydrogen-bond acceptors (Lipinski definition) is 5. The topological polar surface area (TPSA) is 65.1 Å². The van der Waals surface area contributed by atoms with Gasteiger partial charge in [-0.15, -0.1) is 0 Å². The van der Waals surface area contributed by atoms with Crippen molar-refractivity contribution >= 4 is 18.0 Å². The highest BCUT2D eigenvalue weighted by atomic mass is 19.3. The standard InChI is InChI=1S/C22H23F2NO5/c1-15(17-7-5-4-6-8-17)25(2)20(26)14-29-21(27)12-10-16-9-11-18(30-22(23)24)19(13-16)28-3/h4-13,15,22H,14H2,1-3H3/b12-10+. The minimum Gasteiger partial charge on any atom is -0.493 e. The SMILES string of the molecule is COc1cc(/C=C/C(=O)OCC(=O)N(C)C(C)c2ccccc2)ccc1OC(F)F. The van der Waals surface area contributed by atoms with Crippen LogP contribution in [0.4, 0.5) is 8.78 Å². The Labute approximate surface area is 173 Å². The number of halogens is 2. The quantitative estimate of drug-likeness (QED) is 0.453. The molecular formula is C22H23F2NO5. The van der Waals surface area contributed by atoms with Crippen LogP contribution in [0.1, 0.15) is 24.1 Å². The Bertz CT molecular complexity index is 886. The van der Waals surface area contributed by atoms with E-state index in [1.54, 1.807) is 7.05 Å². The molecule has 6 nitrogen and oxygen atoms in total. The second-order valence-electron chi connectivity index (χ2n) is 6.32. The minimum atomic E-state index is -2.98. The van der Waals surface area contributed by atoms with Crippen molar-refractivity contribution in [3.63, 3.8) is 0 Å². The van der Waals surface area contributed by atoms with Crippen LogP contribution in [0.25, 0.3) is 6.08 Å². The van der Waals surface area contributed by atoms with E-state index in [1.807, 2.05) is 37.3 Å². The van der Waals surface area contributed by atoms with Gasteiger partial charge in [-0.3, -0.25) is 4.79 Å². The number of rotatable bonds is 9. The van der Waals surface area contributed by atoms with E-state index in [4.69, 9.17) is 9.47 Å². The number of likely N-dealkylation sites (N-methyl/N-ethyl adjacent to an activating group) is 1. The zero-order valence-electron chi connectivity index (χ0n) is 16.9. The van der Waals surface area contributed by atoms with Crippen LogP contribution in [-0.4, -0.2) is 44.2 Å². The van der Waals surface area contributed by atoms with Crippen LogP contribution in [-0.2, 0) is 14.3 Å². The molecule has 0 aliphatic carbocycles. The third-order valence-corrected chi connectivity index (χ3v) is 4.41. The summed E-state index contributed by atoms with van der Waals surface area (Å²) in [5, 5.41) is 0. The number of methoxy groups -OCH3 is 1. The molecule has 0 saturated carbocycles. The first-order valence-electron chi connectivity index (χ1n) is 9.10. The summed E-state index contributed by atoms with van der Waals surface area (Å²) < 4.78 is 39.1. The second kappa shape index (κ2) is 10.9. The molecular weight excluding hydrogens is 396 g/mol. The average Bonchev–Trinajstić information content (AvgIpc) is 2.75. The Morgan fingerprint density at radius 3 is 2.43 bits per heavy atom. The zero-order valence-corrected chi connectivity index (χ0v) is 16.9. The molecule has 0 aliphatic rings. The predicted molar refractivity (Wildman–Crippen MR) is 107 cm³/mol. The summed E-state index contributed by atoms with van der Waals surface area (Å²) in [7, 11) is 2.95. The first kappa shape index (κ1) is 22.9. The second-order valence-corrected chi connectivity index (χ2v) is 6.32. The Morgan fingerprint density at radius 1 is 1.10 bits per heavy atom. The Morgan fingerprint density at radius 2 is 1.80 bits per heavy atom. The molecule has 1 unspecified atom stereocenters. The number of ether oxygens (including phenoxy) is 3. The number of esters is 1. The van der Waals surface area contributed by atoms with E-state index >= 15 is 0 Å². The third kappa shape index (κ3) is 6.58. The summed E-state index contributed by atoms with van der Waals surface area (Å²) in [6.45, 7) is -1.50. The van der Waals surface area contributed by atoms with Gasteiger partial charge in [0.25, 0.3) is 5.91 Å². The van der Waals surface area contributed by atoms with Crippen molar-refractivity contribution in [3.05, 3.63) is 65.7 Å². The van der Waals surface area contributed by atoms with E-state index in [0.717, 1.165) is 11.6 Å². The molecule has 30 heavy (non-hydrogen) atoms. The summed E-state index contributed by atoms with van der Waals surface area (Å²) in [5.41, 5.74) is 1.47. The first-order valence-corrected chi connectivity index (χ1v) is 9.10. The van der Waals surface area contributed by atoms with E-state index in [0.29, 0.717) is 5.56 Å². The molecule has 0 aromatic heterocycles. The van der Waals surface area contributed by atoms with Gasteiger partial charge in [0.2, 0.25) is 0 Å². The highest BCUT2D eigenvalue weighted by Crippen LogP contribution is 2.29. The molecule has 8 heteroatoms. The molecule has 0 radical (unpaired) electrons. The molecule has 0 spiro atoms. The first-order chi connectivity index (χ1) is 14.3. The highest BCUT2D eigenvalue weighted by Gasteiger charge is 2.18. The molecule has 2 rings (SSSR count). The summed E-state index contributed by atoms with van der Waals surface area (Å²) in [4.78, 5) is 25.7. The molecule has 0 saturated heterocycles. The molecule has 0 bridgehead atoms. The van der Waals surface area contributed by atoms with Crippen LogP contribution in [0.3, 0.4) is 0 Å². The van der Waals surface area contributed by atoms with Crippen molar-refractivity contribution < 1.29 is 32.6 Å². The van der Waals surface area contributed by atoms with Gasteiger partial charge in [0.1, 0.15) is 0 Å². The molecule has 160 valence electrons. The Hall–Kier alpha value is -3.42. The number of alkyl halides is 2. The monoisotopic (exact) mass is 419 g/mol. The van der Waals surface area contributed by atoms with Crippen molar-refractivity contribution in [1.82, 2.24) is 4.90 Å².